The first kappa shape index (κ1) is 15.2. The van der Waals surface area contributed by atoms with Crippen molar-refractivity contribution < 1.29 is 4.79 Å². The zero-order chi connectivity index (χ0) is 16.5. The fourth-order valence-corrected chi connectivity index (χ4v) is 3.55. The third-order valence-corrected chi connectivity index (χ3v) is 5.19. The molecule has 1 aliphatic heterocycles. The number of carbonyl (C=O) groups excluding carboxylic acids is 1. The van der Waals surface area contributed by atoms with Gasteiger partial charge in [0.15, 0.2) is 0 Å². The second kappa shape index (κ2) is 6.30. The summed E-state index contributed by atoms with van der Waals surface area (Å²) < 4.78 is 4.01. The predicted molar refractivity (Wildman–Crippen MR) is 90.6 cm³/mol. The van der Waals surface area contributed by atoms with Gasteiger partial charge in [0.25, 0.3) is 0 Å². The molecule has 128 valence electrons. The lowest BCUT2D eigenvalue weighted by atomic mass is 10.2. The zero-order valence-electron chi connectivity index (χ0n) is 14.0. The Bertz CT molecular complexity index is 690. The van der Waals surface area contributed by atoms with Crippen molar-refractivity contribution >= 4 is 11.7 Å². The van der Waals surface area contributed by atoms with Crippen LogP contribution >= 0.6 is 0 Å². The monoisotopic (exact) mass is 328 g/mol. The Morgan fingerprint density at radius 1 is 1.42 bits per heavy atom. The van der Waals surface area contributed by atoms with Gasteiger partial charge in [0.05, 0.1) is 30.3 Å². The van der Waals surface area contributed by atoms with Crippen LogP contribution in [0.25, 0.3) is 0 Å². The Morgan fingerprint density at radius 2 is 2.29 bits per heavy atom. The SMILES string of the molecule is C[C@@H](C1CC1)n1cc(NC(=O)N2CCC[C@H]2Cn2ccnc2)cn1. The van der Waals surface area contributed by atoms with Crippen LogP contribution in [-0.4, -0.2) is 42.8 Å². The third kappa shape index (κ3) is 3.16. The lowest BCUT2D eigenvalue weighted by molar-refractivity contribution is 0.201. The maximum atomic E-state index is 12.6. The van der Waals surface area contributed by atoms with Gasteiger partial charge in [-0.1, -0.05) is 0 Å². The summed E-state index contributed by atoms with van der Waals surface area (Å²) in [5.74, 6) is 0.742. The number of anilines is 1. The molecule has 2 fully saturated rings. The van der Waals surface area contributed by atoms with Gasteiger partial charge in [0.2, 0.25) is 0 Å². The number of imidazole rings is 1. The molecule has 0 spiro atoms. The smallest absolute Gasteiger partial charge is 0.322 e. The summed E-state index contributed by atoms with van der Waals surface area (Å²) >= 11 is 0. The summed E-state index contributed by atoms with van der Waals surface area (Å²) in [7, 11) is 0. The average Bonchev–Trinajstić information content (AvgIpc) is 2.97. The molecule has 0 radical (unpaired) electrons. The minimum absolute atomic E-state index is 0.0313. The number of nitrogens with zero attached hydrogens (tertiary/aromatic N) is 5. The van der Waals surface area contributed by atoms with Crippen LogP contribution in [0, 0.1) is 5.92 Å². The summed E-state index contributed by atoms with van der Waals surface area (Å²) in [6, 6.07) is 0.604. The molecule has 3 heterocycles. The molecule has 0 unspecified atom stereocenters. The van der Waals surface area contributed by atoms with Gasteiger partial charge < -0.3 is 14.8 Å². The van der Waals surface area contributed by atoms with E-state index in [0.29, 0.717) is 6.04 Å². The van der Waals surface area contributed by atoms with Crippen molar-refractivity contribution in [3.63, 3.8) is 0 Å². The third-order valence-electron chi connectivity index (χ3n) is 5.19. The number of hydrogen-bond acceptors (Lipinski definition) is 3. The lowest BCUT2D eigenvalue weighted by Crippen LogP contribution is -2.40. The lowest BCUT2D eigenvalue weighted by Gasteiger charge is -2.25. The fourth-order valence-electron chi connectivity index (χ4n) is 3.55. The standard InChI is InChI=1S/C17H24N6O/c1-13(14-4-5-14)23-10-15(9-19-23)20-17(24)22-7-2-3-16(22)11-21-8-6-18-12-21/h6,8-10,12-14,16H,2-5,7,11H2,1H3,(H,20,24)/t13-,16-/m0/s1. The zero-order valence-corrected chi connectivity index (χ0v) is 14.0. The van der Waals surface area contributed by atoms with Crippen LogP contribution < -0.4 is 5.32 Å². The van der Waals surface area contributed by atoms with Crippen LogP contribution in [0.1, 0.15) is 38.6 Å². The van der Waals surface area contributed by atoms with E-state index in [-0.39, 0.29) is 12.1 Å². The number of rotatable bonds is 5. The summed E-state index contributed by atoms with van der Waals surface area (Å²) in [5, 5.41) is 7.41. The van der Waals surface area contributed by atoms with E-state index < -0.39 is 0 Å². The van der Waals surface area contributed by atoms with Crippen molar-refractivity contribution in [3.8, 4) is 0 Å². The second-order valence-corrected chi connectivity index (χ2v) is 6.97. The molecule has 7 nitrogen and oxygen atoms in total. The Hall–Kier alpha value is -2.31. The molecule has 1 N–H and O–H groups in total. The Kier molecular flexibility index (Phi) is 4.00. The normalized spacial score (nSPS) is 21.9. The van der Waals surface area contributed by atoms with E-state index in [4.69, 9.17) is 0 Å². The number of hydrogen-bond donors (Lipinski definition) is 1. The summed E-state index contributed by atoms with van der Waals surface area (Å²) in [4.78, 5) is 18.6. The quantitative estimate of drug-likeness (QED) is 0.917. The molecular weight excluding hydrogens is 304 g/mol. The number of likely N-dealkylation sites (tertiary alicyclic amines) is 1. The van der Waals surface area contributed by atoms with Gasteiger partial charge in [0.1, 0.15) is 0 Å². The maximum Gasteiger partial charge on any atom is 0.322 e. The van der Waals surface area contributed by atoms with E-state index in [1.54, 1.807) is 18.7 Å². The predicted octanol–water partition coefficient (Wildman–Crippen LogP) is 2.75. The molecule has 7 heteroatoms. The first-order chi connectivity index (χ1) is 11.7. The summed E-state index contributed by atoms with van der Waals surface area (Å²) in [5.41, 5.74) is 0.779. The van der Waals surface area contributed by atoms with Crippen molar-refractivity contribution in [2.75, 3.05) is 11.9 Å². The van der Waals surface area contributed by atoms with Gasteiger partial charge in [-0.3, -0.25) is 4.68 Å². The number of urea groups is 1. The van der Waals surface area contributed by atoms with Crippen LogP contribution in [-0.2, 0) is 6.54 Å². The van der Waals surface area contributed by atoms with E-state index in [9.17, 15) is 4.79 Å². The van der Waals surface area contributed by atoms with E-state index in [2.05, 4.69) is 22.3 Å². The van der Waals surface area contributed by atoms with Crippen molar-refractivity contribution in [3.05, 3.63) is 31.1 Å². The molecule has 2 aliphatic rings. The minimum atomic E-state index is -0.0313. The van der Waals surface area contributed by atoms with E-state index >= 15 is 0 Å². The first-order valence-corrected chi connectivity index (χ1v) is 8.78. The minimum Gasteiger partial charge on any atom is -0.335 e. The summed E-state index contributed by atoms with van der Waals surface area (Å²) in [6.07, 6.45) is 13.9. The highest BCUT2D eigenvalue weighted by Gasteiger charge is 2.31. The molecule has 2 atom stereocenters. The average molecular weight is 328 g/mol. The van der Waals surface area contributed by atoms with Crippen LogP contribution in [0.4, 0.5) is 10.5 Å². The highest BCUT2D eigenvalue weighted by atomic mass is 16.2. The molecule has 0 bridgehead atoms. The molecule has 1 aliphatic carbocycles. The van der Waals surface area contributed by atoms with Gasteiger partial charge in [0, 0.05) is 31.7 Å². The molecule has 1 saturated carbocycles. The largest absolute Gasteiger partial charge is 0.335 e. The molecule has 0 aromatic carbocycles. The van der Waals surface area contributed by atoms with Crippen LogP contribution in [0.2, 0.25) is 0 Å². The molecule has 2 aromatic rings. The molecule has 2 amide bonds. The van der Waals surface area contributed by atoms with E-state index in [0.717, 1.165) is 37.5 Å². The highest BCUT2D eigenvalue weighted by Crippen LogP contribution is 2.39. The molecule has 2 aromatic heterocycles. The van der Waals surface area contributed by atoms with Gasteiger partial charge in [-0.2, -0.15) is 5.10 Å². The van der Waals surface area contributed by atoms with Crippen molar-refractivity contribution in [2.24, 2.45) is 5.92 Å². The number of nitrogens with one attached hydrogen (secondary N) is 1. The topological polar surface area (TPSA) is 68.0 Å². The molecule has 1 saturated heterocycles. The van der Waals surface area contributed by atoms with Crippen LogP contribution in [0.5, 0.6) is 0 Å². The number of carbonyl (C=O) groups is 1. The molecule has 4 rings (SSSR count). The van der Waals surface area contributed by atoms with Crippen molar-refractivity contribution in [1.29, 1.82) is 0 Å². The summed E-state index contributed by atoms with van der Waals surface area (Å²) in [6.45, 7) is 3.79. The van der Waals surface area contributed by atoms with Gasteiger partial charge in [-0.15, -0.1) is 0 Å². The fraction of sp³-hybridized carbons (Fsp3) is 0.588. The van der Waals surface area contributed by atoms with Crippen LogP contribution in [0.15, 0.2) is 31.1 Å². The van der Waals surface area contributed by atoms with Gasteiger partial charge in [-0.05, 0) is 38.5 Å². The number of amides is 2. The molecule has 24 heavy (non-hydrogen) atoms. The van der Waals surface area contributed by atoms with Crippen LogP contribution in [0.3, 0.4) is 0 Å². The second-order valence-electron chi connectivity index (χ2n) is 6.97. The Balaban J connectivity index is 1.38. The van der Waals surface area contributed by atoms with Crippen molar-refractivity contribution in [1.82, 2.24) is 24.2 Å². The van der Waals surface area contributed by atoms with Gasteiger partial charge >= 0.3 is 6.03 Å². The van der Waals surface area contributed by atoms with E-state index in [1.807, 2.05) is 26.5 Å². The van der Waals surface area contributed by atoms with Gasteiger partial charge in [-0.25, -0.2) is 9.78 Å². The number of aromatic nitrogens is 4. The molecular formula is C17H24N6O. The Morgan fingerprint density at radius 3 is 3.04 bits per heavy atom. The first-order valence-electron chi connectivity index (χ1n) is 8.78. The highest BCUT2D eigenvalue weighted by molar-refractivity contribution is 5.89. The van der Waals surface area contributed by atoms with E-state index in [1.165, 1.54) is 12.8 Å². The van der Waals surface area contributed by atoms with Crippen molar-refractivity contribution in [2.45, 2.75) is 51.2 Å². The maximum absolute atomic E-state index is 12.6. The Labute approximate surface area is 141 Å².